The second-order valence-corrected chi connectivity index (χ2v) is 5.20. The van der Waals surface area contributed by atoms with E-state index in [-0.39, 0.29) is 5.66 Å². The minimum Gasteiger partial charge on any atom is -0.303 e. The molecule has 0 radical (unpaired) electrons. The SMILES string of the molecule is CCCC(C)(C)CC(C)(NC)NCC. The Kier molecular flexibility index (Phi) is 5.68. The predicted molar refractivity (Wildman–Crippen MR) is 64.4 cm³/mol. The predicted octanol–water partition coefficient (Wildman–Crippen LogP) is 2.75. The summed E-state index contributed by atoms with van der Waals surface area (Å²) in [5.74, 6) is 0. The van der Waals surface area contributed by atoms with Crippen LogP contribution < -0.4 is 10.6 Å². The highest BCUT2D eigenvalue weighted by atomic mass is 15.2. The van der Waals surface area contributed by atoms with Gasteiger partial charge in [0.1, 0.15) is 0 Å². The summed E-state index contributed by atoms with van der Waals surface area (Å²) in [5.41, 5.74) is 0.488. The second-order valence-electron chi connectivity index (χ2n) is 5.20. The fourth-order valence-corrected chi connectivity index (χ4v) is 2.35. The molecule has 0 spiro atoms. The van der Waals surface area contributed by atoms with Crippen molar-refractivity contribution in [2.24, 2.45) is 5.41 Å². The lowest BCUT2D eigenvalue weighted by Crippen LogP contribution is -2.55. The van der Waals surface area contributed by atoms with E-state index in [0.29, 0.717) is 5.41 Å². The molecule has 0 heterocycles. The van der Waals surface area contributed by atoms with E-state index in [9.17, 15) is 0 Å². The smallest absolute Gasteiger partial charge is 0.0660 e. The Hall–Kier alpha value is -0.0800. The minimum absolute atomic E-state index is 0.0768. The third-order valence-electron chi connectivity index (χ3n) is 2.88. The summed E-state index contributed by atoms with van der Waals surface area (Å²) >= 11 is 0. The van der Waals surface area contributed by atoms with Gasteiger partial charge < -0.3 is 5.32 Å². The molecular weight excluding hydrogens is 172 g/mol. The molecule has 0 aliphatic rings. The molecule has 0 amide bonds. The number of rotatable bonds is 7. The monoisotopic (exact) mass is 200 g/mol. The topological polar surface area (TPSA) is 24.1 Å². The molecule has 2 nitrogen and oxygen atoms in total. The zero-order valence-corrected chi connectivity index (χ0v) is 10.8. The van der Waals surface area contributed by atoms with Crippen molar-refractivity contribution < 1.29 is 0 Å². The molecule has 0 saturated heterocycles. The van der Waals surface area contributed by atoms with Gasteiger partial charge in [-0.05, 0) is 38.8 Å². The van der Waals surface area contributed by atoms with Crippen LogP contribution in [0.1, 0.15) is 53.9 Å². The maximum Gasteiger partial charge on any atom is 0.0660 e. The van der Waals surface area contributed by atoms with Gasteiger partial charge in [0.25, 0.3) is 0 Å². The zero-order valence-electron chi connectivity index (χ0n) is 10.8. The molecule has 2 heteroatoms. The van der Waals surface area contributed by atoms with Crippen molar-refractivity contribution in [1.29, 1.82) is 0 Å². The Morgan fingerprint density at radius 3 is 2.00 bits per heavy atom. The standard InChI is InChI=1S/C12H28N2/c1-7-9-11(3,4)10-12(5,13-6)14-8-2/h13-14H,7-10H2,1-6H3. The lowest BCUT2D eigenvalue weighted by molar-refractivity contribution is 0.172. The first-order chi connectivity index (χ1) is 6.39. The largest absolute Gasteiger partial charge is 0.303 e. The Morgan fingerprint density at radius 1 is 1.07 bits per heavy atom. The Morgan fingerprint density at radius 2 is 1.64 bits per heavy atom. The van der Waals surface area contributed by atoms with Crippen molar-refractivity contribution in [2.75, 3.05) is 13.6 Å². The van der Waals surface area contributed by atoms with Gasteiger partial charge in [-0.15, -0.1) is 0 Å². The van der Waals surface area contributed by atoms with Crippen molar-refractivity contribution >= 4 is 0 Å². The fourth-order valence-electron chi connectivity index (χ4n) is 2.35. The molecule has 0 aromatic rings. The van der Waals surface area contributed by atoms with Gasteiger partial charge in [-0.1, -0.05) is 34.1 Å². The third kappa shape index (κ3) is 4.97. The Labute approximate surface area is 89.9 Å². The van der Waals surface area contributed by atoms with E-state index >= 15 is 0 Å². The van der Waals surface area contributed by atoms with Gasteiger partial charge in [-0.25, -0.2) is 0 Å². The van der Waals surface area contributed by atoms with Crippen LogP contribution in [0.5, 0.6) is 0 Å². The van der Waals surface area contributed by atoms with E-state index in [1.165, 1.54) is 12.8 Å². The zero-order chi connectivity index (χ0) is 11.2. The van der Waals surface area contributed by atoms with Crippen LogP contribution in [0.25, 0.3) is 0 Å². The first-order valence-corrected chi connectivity index (χ1v) is 5.83. The molecule has 0 aromatic heterocycles. The summed E-state index contributed by atoms with van der Waals surface area (Å²) in [5, 5.41) is 6.89. The third-order valence-corrected chi connectivity index (χ3v) is 2.88. The summed E-state index contributed by atoms with van der Waals surface area (Å²) in [6.07, 6.45) is 3.72. The molecule has 0 aliphatic carbocycles. The quantitative estimate of drug-likeness (QED) is 0.618. The second kappa shape index (κ2) is 5.72. The fraction of sp³-hybridized carbons (Fsp3) is 1.00. The van der Waals surface area contributed by atoms with Gasteiger partial charge in [0.05, 0.1) is 5.66 Å². The van der Waals surface area contributed by atoms with Crippen molar-refractivity contribution in [3.8, 4) is 0 Å². The molecule has 0 aromatic carbocycles. The van der Waals surface area contributed by atoms with Crippen LogP contribution in [0.4, 0.5) is 0 Å². The average molecular weight is 200 g/mol. The van der Waals surface area contributed by atoms with Crippen LogP contribution in [0.15, 0.2) is 0 Å². The lowest BCUT2D eigenvalue weighted by Gasteiger charge is -2.38. The first-order valence-electron chi connectivity index (χ1n) is 5.83. The molecule has 0 rings (SSSR count). The van der Waals surface area contributed by atoms with Gasteiger partial charge in [-0.2, -0.15) is 0 Å². The molecule has 0 bridgehead atoms. The van der Waals surface area contributed by atoms with Gasteiger partial charge in [0.15, 0.2) is 0 Å². The summed E-state index contributed by atoms with van der Waals surface area (Å²) in [7, 11) is 2.03. The van der Waals surface area contributed by atoms with E-state index in [1.54, 1.807) is 0 Å². The Bertz CT molecular complexity index is 154. The van der Waals surface area contributed by atoms with E-state index in [0.717, 1.165) is 13.0 Å². The highest BCUT2D eigenvalue weighted by Gasteiger charge is 2.29. The van der Waals surface area contributed by atoms with Crippen molar-refractivity contribution in [2.45, 2.75) is 59.5 Å². The maximum atomic E-state index is 3.51. The molecule has 0 fully saturated rings. The molecule has 1 unspecified atom stereocenters. The summed E-state index contributed by atoms with van der Waals surface area (Å²) in [6.45, 7) is 12.4. The van der Waals surface area contributed by atoms with Crippen LogP contribution >= 0.6 is 0 Å². The van der Waals surface area contributed by atoms with E-state index in [4.69, 9.17) is 0 Å². The van der Waals surface area contributed by atoms with Crippen LogP contribution in [-0.2, 0) is 0 Å². The number of hydrogen-bond donors (Lipinski definition) is 2. The molecule has 86 valence electrons. The van der Waals surface area contributed by atoms with Crippen LogP contribution in [-0.4, -0.2) is 19.3 Å². The summed E-state index contributed by atoms with van der Waals surface area (Å²) in [4.78, 5) is 0. The lowest BCUT2D eigenvalue weighted by atomic mass is 9.79. The molecular formula is C12H28N2. The van der Waals surface area contributed by atoms with E-state index in [2.05, 4.69) is 45.3 Å². The van der Waals surface area contributed by atoms with Crippen molar-refractivity contribution in [1.82, 2.24) is 10.6 Å². The van der Waals surface area contributed by atoms with Crippen LogP contribution in [0.3, 0.4) is 0 Å². The molecule has 0 aliphatic heterocycles. The number of hydrogen-bond acceptors (Lipinski definition) is 2. The van der Waals surface area contributed by atoms with Gasteiger partial charge in [-0.3, -0.25) is 5.32 Å². The van der Waals surface area contributed by atoms with Gasteiger partial charge in [0.2, 0.25) is 0 Å². The highest BCUT2D eigenvalue weighted by molar-refractivity contribution is 4.85. The Balaban J connectivity index is 4.28. The molecule has 0 saturated carbocycles. The van der Waals surface area contributed by atoms with E-state index in [1.807, 2.05) is 7.05 Å². The minimum atomic E-state index is 0.0768. The summed E-state index contributed by atoms with van der Waals surface area (Å²) < 4.78 is 0. The first kappa shape index (κ1) is 13.9. The van der Waals surface area contributed by atoms with Crippen molar-refractivity contribution in [3.63, 3.8) is 0 Å². The maximum absolute atomic E-state index is 3.51. The normalized spacial score (nSPS) is 16.7. The van der Waals surface area contributed by atoms with Crippen molar-refractivity contribution in [3.05, 3.63) is 0 Å². The summed E-state index contributed by atoms with van der Waals surface area (Å²) in [6, 6.07) is 0. The highest BCUT2D eigenvalue weighted by Crippen LogP contribution is 2.31. The van der Waals surface area contributed by atoms with E-state index < -0.39 is 0 Å². The molecule has 14 heavy (non-hydrogen) atoms. The molecule has 2 N–H and O–H groups in total. The average Bonchev–Trinajstić information content (AvgIpc) is 2.03. The van der Waals surface area contributed by atoms with Crippen LogP contribution in [0.2, 0.25) is 0 Å². The molecule has 1 atom stereocenters. The number of nitrogens with one attached hydrogen (secondary N) is 2. The van der Waals surface area contributed by atoms with Gasteiger partial charge >= 0.3 is 0 Å². The van der Waals surface area contributed by atoms with Gasteiger partial charge in [0, 0.05) is 0 Å². The van der Waals surface area contributed by atoms with Crippen LogP contribution in [0, 0.1) is 5.41 Å².